The fourth-order valence-corrected chi connectivity index (χ4v) is 0.905. The van der Waals surface area contributed by atoms with E-state index in [0.717, 1.165) is 19.1 Å². The molecular weight excluding hydrogens is 120 g/mol. The SMILES string of the molecule is CO[C@H]1CCC(C=O)O1. The third kappa shape index (κ3) is 1.50. The third-order valence-electron chi connectivity index (χ3n) is 1.43. The van der Waals surface area contributed by atoms with Crippen LogP contribution in [-0.4, -0.2) is 25.8 Å². The topological polar surface area (TPSA) is 35.5 Å². The van der Waals surface area contributed by atoms with E-state index < -0.39 is 0 Å². The van der Waals surface area contributed by atoms with Crippen LogP contribution in [0.2, 0.25) is 0 Å². The van der Waals surface area contributed by atoms with Gasteiger partial charge in [0.1, 0.15) is 12.4 Å². The van der Waals surface area contributed by atoms with Crippen LogP contribution >= 0.6 is 0 Å². The van der Waals surface area contributed by atoms with Crippen molar-refractivity contribution in [3.8, 4) is 0 Å². The van der Waals surface area contributed by atoms with Gasteiger partial charge in [-0.15, -0.1) is 0 Å². The number of carbonyl (C=O) groups is 1. The molecule has 1 saturated heterocycles. The zero-order valence-corrected chi connectivity index (χ0v) is 5.37. The fourth-order valence-electron chi connectivity index (χ4n) is 0.905. The van der Waals surface area contributed by atoms with Crippen LogP contribution in [0.3, 0.4) is 0 Å². The first-order chi connectivity index (χ1) is 4.36. The zero-order valence-electron chi connectivity index (χ0n) is 5.37. The molecule has 3 nitrogen and oxygen atoms in total. The molecule has 0 aliphatic carbocycles. The van der Waals surface area contributed by atoms with Crippen LogP contribution in [0.1, 0.15) is 12.8 Å². The Hall–Kier alpha value is -0.410. The molecule has 0 aromatic rings. The largest absolute Gasteiger partial charge is 0.356 e. The van der Waals surface area contributed by atoms with Gasteiger partial charge in [0.2, 0.25) is 0 Å². The Morgan fingerprint density at radius 2 is 2.44 bits per heavy atom. The van der Waals surface area contributed by atoms with E-state index in [4.69, 9.17) is 9.47 Å². The summed E-state index contributed by atoms with van der Waals surface area (Å²) < 4.78 is 9.93. The number of aldehydes is 1. The average Bonchev–Trinajstić information content (AvgIpc) is 2.34. The number of hydrogen-bond acceptors (Lipinski definition) is 3. The Kier molecular flexibility index (Phi) is 2.19. The Morgan fingerprint density at radius 3 is 2.78 bits per heavy atom. The van der Waals surface area contributed by atoms with Crippen molar-refractivity contribution in [3.05, 3.63) is 0 Å². The van der Waals surface area contributed by atoms with E-state index in [1.54, 1.807) is 7.11 Å². The third-order valence-corrected chi connectivity index (χ3v) is 1.43. The van der Waals surface area contributed by atoms with Gasteiger partial charge in [-0.05, 0) is 6.42 Å². The summed E-state index contributed by atoms with van der Waals surface area (Å²) in [6, 6.07) is 0. The van der Waals surface area contributed by atoms with E-state index in [9.17, 15) is 4.79 Å². The predicted molar refractivity (Wildman–Crippen MR) is 31.0 cm³/mol. The highest BCUT2D eigenvalue weighted by Gasteiger charge is 2.23. The molecule has 1 aliphatic heterocycles. The molecule has 2 atom stereocenters. The van der Waals surface area contributed by atoms with Gasteiger partial charge in [-0.1, -0.05) is 0 Å². The summed E-state index contributed by atoms with van der Waals surface area (Å²) >= 11 is 0. The van der Waals surface area contributed by atoms with E-state index in [2.05, 4.69) is 0 Å². The zero-order chi connectivity index (χ0) is 6.69. The van der Waals surface area contributed by atoms with E-state index in [1.807, 2.05) is 0 Å². The van der Waals surface area contributed by atoms with Gasteiger partial charge >= 0.3 is 0 Å². The van der Waals surface area contributed by atoms with Crippen molar-refractivity contribution >= 4 is 6.29 Å². The van der Waals surface area contributed by atoms with Crippen molar-refractivity contribution < 1.29 is 14.3 Å². The van der Waals surface area contributed by atoms with Gasteiger partial charge in [0.15, 0.2) is 6.29 Å². The molecule has 0 amide bonds. The number of hydrogen-bond donors (Lipinski definition) is 0. The van der Waals surface area contributed by atoms with Gasteiger partial charge in [-0.25, -0.2) is 0 Å². The number of ether oxygens (including phenoxy) is 2. The second-order valence-electron chi connectivity index (χ2n) is 2.05. The molecule has 0 radical (unpaired) electrons. The lowest BCUT2D eigenvalue weighted by Crippen LogP contribution is -2.12. The normalized spacial score (nSPS) is 34.8. The fraction of sp³-hybridized carbons (Fsp3) is 0.833. The summed E-state index contributed by atoms with van der Waals surface area (Å²) in [7, 11) is 1.58. The van der Waals surface area contributed by atoms with Crippen LogP contribution in [0.15, 0.2) is 0 Å². The van der Waals surface area contributed by atoms with Crippen molar-refractivity contribution in [3.63, 3.8) is 0 Å². The van der Waals surface area contributed by atoms with Gasteiger partial charge in [0.05, 0.1) is 0 Å². The highest BCUT2D eigenvalue weighted by molar-refractivity contribution is 5.56. The lowest BCUT2D eigenvalue weighted by atomic mass is 10.2. The smallest absolute Gasteiger partial charge is 0.158 e. The molecule has 1 rings (SSSR count). The second kappa shape index (κ2) is 2.94. The van der Waals surface area contributed by atoms with Gasteiger partial charge in [-0.3, -0.25) is 0 Å². The Labute approximate surface area is 53.9 Å². The van der Waals surface area contributed by atoms with Crippen LogP contribution in [0.25, 0.3) is 0 Å². The molecule has 0 N–H and O–H groups in total. The second-order valence-corrected chi connectivity index (χ2v) is 2.05. The quantitative estimate of drug-likeness (QED) is 0.505. The van der Waals surface area contributed by atoms with Crippen molar-refractivity contribution in [2.24, 2.45) is 0 Å². The summed E-state index contributed by atoms with van der Waals surface area (Å²) in [6.07, 6.45) is 2.07. The first kappa shape index (κ1) is 6.71. The lowest BCUT2D eigenvalue weighted by Gasteiger charge is -2.05. The van der Waals surface area contributed by atoms with Crippen molar-refractivity contribution in [2.75, 3.05) is 7.11 Å². The Morgan fingerprint density at radius 1 is 1.67 bits per heavy atom. The molecule has 0 bridgehead atoms. The van der Waals surface area contributed by atoms with Gasteiger partial charge in [0.25, 0.3) is 0 Å². The predicted octanol–water partition coefficient (Wildman–Crippen LogP) is 0.337. The summed E-state index contributed by atoms with van der Waals surface area (Å²) in [5.41, 5.74) is 0. The maximum Gasteiger partial charge on any atom is 0.158 e. The molecule has 3 heteroatoms. The minimum Gasteiger partial charge on any atom is -0.356 e. The standard InChI is InChI=1S/C6H10O3/c1-8-6-3-2-5(4-7)9-6/h4-6H,2-3H2,1H3/t5?,6-/m1/s1. The van der Waals surface area contributed by atoms with Crippen molar-refractivity contribution in [1.82, 2.24) is 0 Å². The molecule has 52 valence electrons. The molecule has 1 fully saturated rings. The molecule has 0 spiro atoms. The van der Waals surface area contributed by atoms with Gasteiger partial charge in [0, 0.05) is 13.5 Å². The van der Waals surface area contributed by atoms with Gasteiger partial charge in [-0.2, -0.15) is 0 Å². The maximum absolute atomic E-state index is 10.1. The summed E-state index contributed by atoms with van der Waals surface area (Å²) in [5, 5.41) is 0. The first-order valence-electron chi connectivity index (χ1n) is 3.00. The highest BCUT2D eigenvalue weighted by atomic mass is 16.7. The van der Waals surface area contributed by atoms with Crippen LogP contribution in [0, 0.1) is 0 Å². The molecule has 0 aromatic heterocycles. The van der Waals surface area contributed by atoms with Crippen LogP contribution in [0.5, 0.6) is 0 Å². The van der Waals surface area contributed by atoms with E-state index >= 15 is 0 Å². The summed E-state index contributed by atoms with van der Waals surface area (Å²) in [6.45, 7) is 0. The number of methoxy groups -OCH3 is 1. The molecule has 1 unspecified atom stereocenters. The van der Waals surface area contributed by atoms with Crippen molar-refractivity contribution in [1.29, 1.82) is 0 Å². The lowest BCUT2D eigenvalue weighted by molar-refractivity contribution is -0.136. The molecule has 1 aliphatic rings. The number of carbonyl (C=O) groups excluding carboxylic acids is 1. The highest BCUT2D eigenvalue weighted by Crippen LogP contribution is 2.17. The van der Waals surface area contributed by atoms with Crippen LogP contribution < -0.4 is 0 Å². The van der Waals surface area contributed by atoms with E-state index in [1.165, 1.54) is 0 Å². The summed E-state index contributed by atoms with van der Waals surface area (Å²) in [5.74, 6) is 0. The van der Waals surface area contributed by atoms with E-state index in [0.29, 0.717) is 0 Å². The monoisotopic (exact) mass is 130 g/mol. The maximum atomic E-state index is 10.1. The minimum absolute atomic E-state index is 0.153. The van der Waals surface area contributed by atoms with Crippen LogP contribution in [-0.2, 0) is 14.3 Å². The molecule has 9 heavy (non-hydrogen) atoms. The Bertz CT molecular complexity index is 102. The van der Waals surface area contributed by atoms with E-state index in [-0.39, 0.29) is 12.4 Å². The van der Waals surface area contributed by atoms with Crippen LogP contribution in [0.4, 0.5) is 0 Å². The first-order valence-corrected chi connectivity index (χ1v) is 3.00. The molecular formula is C6H10O3. The minimum atomic E-state index is -0.227. The van der Waals surface area contributed by atoms with Crippen molar-refractivity contribution in [2.45, 2.75) is 25.2 Å². The summed E-state index contributed by atoms with van der Waals surface area (Å²) in [4.78, 5) is 10.1. The number of rotatable bonds is 2. The van der Waals surface area contributed by atoms with Gasteiger partial charge < -0.3 is 14.3 Å². The average molecular weight is 130 g/mol. The molecule has 0 saturated carbocycles. The Balaban J connectivity index is 2.28. The molecule has 0 aromatic carbocycles. The molecule has 1 heterocycles.